The summed E-state index contributed by atoms with van der Waals surface area (Å²) in [7, 11) is 1.87. The Morgan fingerprint density at radius 1 is 1.04 bits per heavy atom. The maximum Gasteiger partial charge on any atom is 0.255 e. The van der Waals surface area contributed by atoms with E-state index in [4.69, 9.17) is 5.73 Å². The molecule has 0 radical (unpaired) electrons. The number of guanidine groups is 1. The van der Waals surface area contributed by atoms with Crippen molar-refractivity contribution in [3.05, 3.63) is 47.3 Å². The number of aryl methyl sites for hydroxylation is 1. The number of fused-ring (bicyclic) bond motifs is 1. The number of hydrogen-bond acceptors (Lipinski definition) is 7. The fourth-order valence-electron chi connectivity index (χ4n) is 8.12. The summed E-state index contributed by atoms with van der Waals surface area (Å²) in [4.78, 5) is 54.4. The molecule has 1 aromatic rings. The van der Waals surface area contributed by atoms with E-state index < -0.39 is 6.04 Å². The van der Waals surface area contributed by atoms with Crippen LogP contribution in [0, 0.1) is 5.41 Å². The molecule has 5 aliphatic rings. The van der Waals surface area contributed by atoms with Gasteiger partial charge in [0, 0.05) is 64.2 Å². The van der Waals surface area contributed by atoms with Crippen LogP contribution in [0.15, 0.2) is 40.6 Å². The molecule has 11 nitrogen and oxygen atoms in total. The maximum absolute atomic E-state index is 12.9. The molecule has 0 aliphatic carbocycles. The zero-order valence-electron chi connectivity index (χ0n) is 28.3. The fraction of sp³-hybridized carbons (Fsp3) is 0.639. The monoisotopic (exact) mass is 644 g/mol. The number of carbonyl (C=O) groups excluding carboxylic acids is 3. The summed E-state index contributed by atoms with van der Waals surface area (Å²) >= 11 is 0. The SMILES string of the molecule is C/N=C(/N1CCC2(CC1)CN(CCCCCCCCCc1ccc3c(c1)CN(C1CCC(=O)NC1=O)C3=O)C2)N1C=CN=C(N)C1C. The zero-order valence-corrected chi connectivity index (χ0v) is 28.3. The van der Waals surface area contributed by atoms with E-state index in [2.05, 4.69) is 49.1 Å². The van der Waals surface area contributed by atoms with Crippen LogP contribution in [0.3, 0.4) is 0 Å². The van der Waals surface area contributed by atoms with Crippen LogP contribution in [0.5, 0.6) is 0 Å². The quantitative estimate of drug-likeness (QED) is 0.163. The van der Waals surface area contributed by atoms with Crippen molar-refractivity contribution in [1.29, 1.82) is 0 Å². The van der Waals surface area contributed by atoms with E-state index in [1.165, 1.54) is 76.6 Å². The van der Waals surface area contributed by atoms with Gasteiger partial charge in [-0.3, -0.25) is 24.7 Å². The van der Waals surface area contributed by atoms with Gasteiger partial charge < -0.3 is 25.3 Å². The number of imide groups is 1. The number of likely N-dealkylation sites (tertiary alicyclic amines) is 2. The number of nitrogens with one attached hydrogen (secondary N) is 1. The normalized spacial score (nSPS) is 24.5. The van der Waals surface area contributed by atoms with Gasteiger partial charge in [0.2, 0.25) is 17.8 Å². The first-order valence-electron chi connectivity index (χ1n) is 17.8. The fourth-order valence-corrected chi connectivity index (χ4v) is 8.12. The molecular weight excluding hydrogens is 592 g/mol. The van der Waals surface area contributed by atoms with Crippen molar-refractivity contribution in [2.45, 2.75) is 103 Å². The van der Waals surface area contributed by atoms with Crippen LogP contribution >= 0.6 is 0 Å². The number of hydrogen-bond donors (Lipinski definition) is 2. The average molecular weight is 645 g/mol. The molecular formula is C36H52N8O3. The molecule has 3 N–H and O–H groups in total. The van der Waals surface area contributed by atoms with Gasteiger partial charge in [0.1, 0.15) is 11.9 Å². The van der Waals surface area contributed by atoms with Gasteiger partial charge in [-0.1, -0.05) is 44.2 Å². The lowest BCUT2D eigenvalue weighted by Crippen LogP contribution is -2.62. The van der Waals surface area contributed by atoms with Gasteiger partial charge >= 0.3 is 0 Å². The Kier molecular flexibility index (Phi) is 10.3. The number of nitrogens with two attached hydrogens (primary N) is 1. The number of rotatable bonds is 11. The minimum absolute atomic E-state index is 0.0289. The molecule has 47 heavy (non-hydrogen) atoms. The van der Waals surface area contributed by atoms with E-state index in [1.54, 1.807) is 11.1 Å². The average Bonchev–Trinajstić information content (AvgIpc) is 3.37. The number of carbonyl (C=O) groups is 3. The lowest BCUT2D eigenvalue weighted by Gasteiger charge is -2.55. The van der Waals surface area contributed by atoms with E-state index in [1.807, 2.05) is 19.3 Å². The molecule has 5 heterocycles. The van der Waals surface area contributed by atoms with Crippen LogP contribution in [-0.2, 0) is 22.6 Å². The molecule has 0 saturated carbocycles. The lowest BCUT2D eigenvalue weighted by molar-refractivity contribution is -0.136. The van der Waals surface area contributed by atoms with Crippen LogP contribution < -0.4 is 11.1 Å². The van der Waals surface area contributed by atoms with Gasteiger partial charge in [-0.2, -0.15) is 0 Å². The summed E-state index contributed by atoms with van der Waals surface area (Å²) in [6.07, 6.45) is 16.7. The van der Waals surface area contributed by atoms with Crippen LogP contribution in [0.1, 0.15) is 99.0 Å². The predicted molar refractivity (Wildman–Crippen MR) is 184 cm³/mol. The molecule has 2 atom stereocenters. The largest absolute Gasteiger partial charge is 0.385 e. The molecule has 1 spiro atoms. The highest BCUT2D eigenvalue weighted by atomic mass is 16.2. The summed E-state index contributed by atoms with van der Waals surface area (Å²) in [6.45, 7) is 8.32. The topological polar surface area (TPSA) is 127 Å². The number of amides is 3. The molecule has 11 heteroatoms. The van der Waals surface area contributed by atoms with Crippen LogP contribution in [-0.4, -0.2) is 101 Å². The Morgan fingerprint density at radius 2 is 1.77 bits per heavy atom. The summed E-state index contributed by atoms with van der Waals surface area (Å²) in [5, 5.41) is 2.37. The maximum atomic E-state index is 12.9. The van der Waals surface area contributed by atoms with Crippen molar-refractivity contribution in [3.8, 4) is 0 Å². The van der Waals surface area contributed by atoms with E-state index in [0.717, 1.165) is 37.5 Å². The zero-order chi connectivity index (χ0) is 33.0. The number of piperidine rings is 2. The molecule has 1 aromatic carbocycles. The number of unbranched alkanes of at least 4 members (excludes halogenated alkanes) is 6. The number of nitrogens with zero attached hydrogens (tertiary/aromatic N) is 6. The van der Waals surface area contributed by atoms with Crippen molar-refractivity contribution >= 4 is 29.5 Å². The Bertz CT molecular complexity index is 1420. The molecule has 3 saturated heterocycles. The molecule has 2 unspecified atom stereocenters. The number of amidine groups is 1. The first-order chi connectivity index (χ1) is 22.8. The molecule has 6 rings (SSSR count). The van der Waals surface area contributed by atoms with Gasteiger partial charge in [-0.15, -0.1) is 0 Å². The van der Waals surface area contributed by atoms with Crippen molar-refractivity contribution < 1.29 is 14.4 Å². The highest BCUT2D eigenvalue weighted by Crippen LogP contribution is 2.41. The molecule has 3 fully saturated rings. The highest BCUT2D eigenvalue weighted by Gasteiger charge is 2.45. The van der Waals surface area contributed by atoms with Crippen LogP contribution in [0.4, 0.5) is 0 Å². The summed E-state index contributed by atoms with van der Waals surface area (Å²) in [5.74, 6) is 0.914. The van der Waals surface area contributed by atoms with Gasteiger partial charge in [0.05, 0.1) is 6.04 Å². The van der Waals surface area contributed by atoms with E-state index in [0.29, 0.717) is 29.8 Å². The van der Waals surface area contributed by atoms with Gasteiger partial charge in [0.15, 0.2) is 0 Å². The van der Waals surface area contributed by atoms with Crippen LogP contribution in [0.2, 0.25) is 0 Å². The highest BCUT2D eigenvalue weighted by molar-refractivity contribution is 6.05. The Morgan fingerprint density at radius 3 is 2.49 bits per heavy atom. The summed E-state index contributed by atoms with van der Waals surface area (Å²) in [5.41, 5.74) is 9.52. The summed E-state index contributed by atoms with van der Waals surface area (Å²) < 4.78 is 0. The van der Waals surface area contributed by atoms with Crippen molar-refractivity contribution in [1.82, 2.24) is 24.9 Å². The second kappa shape index (κ2) is 14.6. The second-order valence-electron chi connectivity index (χ2n) is 14.3. The standard InChI is InChI=1S/C36H52N8O3/c1-26-32(37)39-17-21-43(26)35(38-2)42-19-15-36(16-20-42)24-41(25-36)18-9-7-5-3-4-6-8-10-27-11-12-29-28(22-27)23-44(34(29)47)30-13-14-31(45)40-33(30)46/h11-12,17,21-22,26,30H,3-10,13-16,18-20,23-25H2,1-2H3,(H2,37,39)(H,40,45,46)/b38-35-. The molecule has 5 aliphatic heterocycles. The molecule has 0 aromatic heterocycles. The van der Waals surface area contributed by atoms with Crippen LogP contribution in [0.25, 0.3) is 0 Å². The third kappa shape index (κ3) is 7.40. The summed E-state index contributed by atoms with van der Waals surface area (Å²) in [6, 6.07) is 5.59. The number of benzene rings is 1. The van der Waals surface area contributed by atoms with E-state index in [-0.39, 0.29) is 30.2 Å². The smallest absolute Gasteiger partial charge is 0.255 e. The molecule has 3 amide bonds. The molecule has 0 bridgehead atoms. The van der Waals surface area contributed by atoms with E-state index in [9.17, 15) is 14.4 Å². The lowest BCUT2D eigenvalue weighted by atomic mass is 9.72. The third-order valence-electron chi connectivity index (χ3n) is 11.0. The minimum atomic E-state index is -0.554. The second-order valence-corrected chi connectivity index (χ2v) is 14.3. The molecule has 254 valence electrons. The van der Waals surface area contributed by atoms with E-state index >= 15 is 0 Å². The Hall–Kier alpha value is -3.73. The van der Waals surface area contributed by atoms with Crippen molar-refractivity contribution in [3.63, 3.8) is 0 Å². The van der Waals surface area contributed by atoms with Gasteiger partial charge in [-0.05, 0) is 74.6 Å². The predicted octanol–water partition coefficient (Wildman–Crippen LogP) is 3.64. The van der Waals surface area contributed by atoms with Gasteiger partial charge in [0.25, 0.3) is 5.91 Å². The third-order valence-corrected chi connectivity index (χ3v) is 11.0. The van der Waals surface area contributed by atoms with Gasteiger partial charge in [-0.25, -0.2) is 4.99 Å². The van der Waals surface area contributed by atoms with Crippen molar-refractivity contribution in [2.24, 2.45) is 21.1 Å². The first-order valence-corrected chi connectivity index (χ1v) is 17.8. The Balaban J connectivity index is 0.807. The number of aliphatic imine (C=N–C) groups is 2. The Labute approximate surface area is 279 Å². The van der Waals surface area contributed by atoms with Crippen molar-refractivity contribution in [2.75, 3.05) is 39.8 Å². The first kappa shape index (κ1) is 33.2. The minimum Gasteiger partial charge on any atom is -0.385 e.